The Morgan fingerprint density at radius 2 is 1.85 bits per heavy atom. The standard InChI is InChI=1S/C28H28ClF3N4O4/c1-35(2)20-14-36(15-20)27(38)23(17-39-16-18-7-4-3-5-8-18)34-25(37)21-9-6-12-33-26(21)40-24-11-10-19(13-22(24)29)28(30,31)32/h3-13,20,23H,14-17H2,1-2H3,(H,34,37)/t23-/m1/s1. The second-order valence-corrected chi connectivity index (χ2v) is 9.90. The normalized spacial score (nSPS) is 14.5. The lowest BCUT2D eigenvalue weighted by molar-refractivity contribution is -0.141. The van der Waals surface area contributed by atoms with E-state index in [0.717, 1.165) is 23.8 Å². The van der Waals surface area contributed by atoms with Crippen molar-refractivity contribution in [2.75, 3.05) is 33.8 Å². The Kier molecular flexibility index (Phi) is 9.28. The number of amides is 2. The topological polar surface area (TPSA) is 84.0 Å². The number of hydrogen-bond acceptors (Lipinski definition) is 6. The third-order valence-corrected chi connectivity index (χ3v) is 6.68. The maximum absolute atomic E-state index is 13.3. The van der Waals surface area contributed by atoms with Crippen LogP contribution in [0.15, 0.2) is 66.9 Å². The van der Waals surface area contributed by atoms with Crippen LogP contribution in [0.3, 0.4) is 0 Å². The van der Waals surface area contributed by atoms with E-state index in [1.54, 1.807) is 4.90 Å². The largest absolute Gasteiger partial charge is 0.437 e. The van der Waals surface area contributed by atoms with Crippen molar-refractivity contribution in [1.29, 1.82) is 0 Å². The second kappa shape index (κ2) is 12.7. The summed E-state index contributed by atoms with van der Waals surface area (Å²) in [5, 5.41) is 2.41. The summed E-state index contributed by atoms with van der Waals surface area (Å²) in [7, 11) is 3.86. The maximum atomic E-state index is 13.3. The minimum absolute atomic E-state index is 0.0332. The average Bonchev–Trinajstić information content (AvgIpc) is 2.88. The number of halogens is 4. The lowest BCUT2D eigenvalue weighted by atomic mass is 10.1. The first-order valence-corrected chi connectivity index (χ1v) is 12.8. The van der Waals surface area contributed by atoms with Gasteiger partial charge in [-0.15, -0.1) is 0 Å². The molecule has 4 rings (SSSR count). The predicted octanol–water partition coefficient (Wildman–Crippen LogP) is 4.63. The van der Waals surface area contributed by atoms with E-state index in [9.17, 15) is 22.8 Å². The van der Waals surface area contributed by atoms with Gasteiger partial charge < -0.3 is 24.6 Å². The van der Waals surface area contributed by atoms with Crippen LogP contribution >= 0.6 is 11.6 Å². The van der Waals surface area contributed by atoms with Gasteiger partial charge in [-0.1, -0.05) is 41.9 Å². The molecule has 0 unspecified atom stereocenters. The summed E-state index contributed by atoms with van der Waals surface area (Å²) in [5.41, 5.74) is -0.0645. The van der Waals surface area contributed by atoms with Gasteiger partial charge in [-0.3, -0.25) is 9.59 Å². The number of rotatable bonds is 10. The van der Waals surface area contributed by atoms with Crippen LogP contribution in [0.5, 0.6) is 11.6 Å². The summed E-state index contributed by atoms with van der Waals surface area (Å²) >= 11 is 6.02. The molecule has 12 heteroatoms. The Morgan fingerprint density at radius 3 is 2.50 bits per heavy atom. The number of nitrogens with one attached hydrogen (secondary N) is 1. The van der Waals surface area contributed by atoms with Crippen molar-refractivity contribution in [3.63, 3.8) is 0 Å². The summed E-state index contributed by atoms with van der Waals surface area (Å²) in [6, 6.07) is 14.1. The highest BCUT2D eigenvalue weighted by Crippen LogP contribution is 2.36. The summed E-state index contributed by atoms with van der Waals surface area (Å²) in [6.45, 7) is 1.20. The van der Waals surface area contributed by atoms with Crippen LogP contribution in [-0.2, 0) is 22.3 Å². The second-order valence-electron chi connectivity index (χ2n) is 9.49. The number of likely N-dealkylation sites (tertiary alicyclic amines) is 1. The number of likely N-dealkylation sites (N-methyl/N-ethyl adjacent to an activating group) is 1. The fourth-order valence-corrected chi connectivity index (χ4v) is 4.19. The van der Waals surface area contributed by atoms with E-state index < -0.39 is 23.7 Å². The number of carbonyl (C=O) groups excluding carboxylic acids is 2. The summed E-state index contributed by atoms with van der Waals surface area (Å²) < 4.78 is 50.4. The molecule has 3 aromatic rings. The average molecular weight is 577 g/mol. The first kappa shape index (κ1) is 29.3. The zero-order chi connectivity index (χ0) is 28.9. The van der Waals surface area contributed by atoms with Crippen molar-refractivity contribution in [3.05, 3.63) is 88.6 Å². The SMILES string of the molecule is CN(C)C1CN(C(=O)[C@@H](COCc2ccccc2)NC(=O)c2cccnc2Oc2ccc(C(F)(F)F)cc2Cl)C1. The van der Waals surface area contributed by atoms with Crippen LogP contribution in [0, 0.1) is 0 Å². The molecule has 0 radical (unpaired) electrons. The van der Waals surface area contributed by atoms with Gasteiger partial charge in [0.15, 0.2) is 0 Å². The molecular formula is C28H28ClF3N4O4. The fraction of sp³-hybridized carbons (Fsp3) is 0.321. The number of carbonyl (C=O) groups is 2. The molecule has 0 bridgehead atoms. The van der Waals surface area contributed by atoms with Crippen molar-refractivity contribution in [2.45, 2.75) is 24.9 Å². The summed E-state index contributed by atoms with van der Waals surface area (Å²) in [5.74, 6) is -1.26. The van der Waals surface area contributed by atoms with Gasteiger partial charge in [0.05, 0.1) is 23.8 Å². The number of ether oxygens (including phenoxy) is 2. The Bertz CT molecular complexity index is 1330. The number of nitrogens with zero attached hydrogens (tertiary/aromatic N) is 3. The summed E-state index contributed by atoms with van der Waals surface area (Å²) in [4.78, 5) is 34.3. The molecule has 1 N–H and O–H groups in total. The molecule has 2 aromatic carbocycles. The number of alkyl halides is 3. The van der Waals surface area contributed by atoms with Crippen LogP contribution in [0.1, 0.15) is 21.5 Å². The smallest absolute Gasteiger partial charge is 0.416 e. The van der Waals surface area contributed by atoms with Gasteiger partial charge in [-0.05, 0) is 50.0 Å². The van der Waals surface area contributed by atoms with Crippen LogP contribution in [0.25, 0.3) is 0 Å². The highest BCUT2D eigenvalue weighted by Gasteiger charge is 2.37. The first-order valence-electron chi connectivity index (χ1n) is 12.4. The minimum Gasteiger partial charge on any atom is -0.437 e. The van der Waals surface area contributed by atoms with Crippen LogP contribution in [0.4, 0.5) is 13.2 Å². The van der Waals surface area contributed by atoms with Gasteiger partial charge in [0.1, 0.15) is 17.4 Å². The van der Waals surface area contributed by atoms with Crippen molar-refractivity contribution < 1.29 is 32.2 Å². The highest BCUT2D eigenvalue weighted by atomic mass is 35.5. The molecule has 1 atom stereocenters. The molecular weight excluding hydrogens is 549 g/mol. The Hall–Kier alpha value is -3.67. The van der Waals surface area contributed by atoms with Crippen molar-refractivity contribution >= 4 is 23.4 Å². The Morgan fingerprint density at radius 1 is 1.12 bits per heavy atom. The molecule has 1 aliphatic rings. The monoisotopic (exact) mass is 576 g/mol. The highest BCUT2D eigenvalue weighted by molar-refractivity contribution is 6.32. The van der Waals surface area contributed by atoms with Gasteiger partial charge in [0, 0.05) is 25.3 Å². The zero-order valence-electron chi connectivity index (χ0n) is 21.8. The molecule has 0 aliphatic carbocycles. The molecule has 1 aromatic heterocycles. The molecule has 0 saturated carbocycles. The molecule has 2 heterocycles. The van der Waals surface area contributed by atoms with Crippen molar-refractivity contribution in [2.24, 2.45) is 0 Å². The Labute approximate surface area is 234 Å². The number of hydrogen-bond donors (Lipinski definition) is 1. The van der Waals surface area contributed by atoms with Crippen LogP contribution < -0.4 is 10.1 Å². The quantitative estimate of drug-likeness (QED) is 0.379. The van der Waals surface area contributed by atoms with E-state index in [0.29, 0.717) is 13.1 Å². The fourth-order valence-electron chi connectivity index (χ4n) is 3.97. The lowest BCUT2D eigenvalue weighted by Crippen LogP contribution is -2.63. The van der Waals surface area contributed by atoms with Gasteiger partial charge in [-0.2, -0.15) is 13.2 Å². The molecule has 1 saturated heterocycles. The predicted molar refractivity (Wildman–Crippen MR) is 142 cm³/mol. The van der Waals surface area contributed by atoms with Gasteiger partial charge in [0.25, 0.3) is 5.91 Å². The molecule has 0 spiro atoms. The minimum atomic E-state index is -4.58. The molecule has 212 valence electrons. The number of benzene rings is 2. The third-order valence-electron chi connectivity index (χ3n) is 6.39. The van der Waals surface area contributed by atoms with E-state index in [1.807, 2.05) is 49.3 Å². The molecule has 8 nitrogen and oxygen atoms in total. The molecule has 2 amide bonds. The van der Waals surface area contributed by atoms with Crippen LogP contribution in [0.2, 0.25) is 5.02 Å². The number of pyridine rings is 1. The number of aromatic nitrogens is 1. The van der Waals surface area contributed by atoms with Gasteiger partial charge >= 0.3 is 6.18 Å². The third kappa shape index (κ3) is 7.29. The zero-order valence-corrected chi connectivity index (χ0v) is 22.6. The van der Waals surface area contributed by atoms with E-state index in [1.165, 1.54) is 18.3 Å². The molecule has 1 fully saturated rings. The van der Waals surface area contributed by atoms with E-state index >= 15 is 0 Å². The van der Waals surface area contributed by atoms with Crippen molar-refractivity contribution in [1.82, 2.24) is 20.1 Å². The maximum Gasteiger partial charge on any atom is 0.416 e. The molecule has 40 heavy (non-hydrogen) atoms. The first-order chi connectivity index (χ1) is 19.0. The van der Waals surface area contributed by atoms with Gasteiger partial charge in [0.2, 0.25) is 11.8 Å². The lowest BCUT2D eigenvalue weighted by Gasteiger charge is -2.44. The van der Waals surface area contributed by atoms with Crippen molar-refractivity contribution in [3.8, 4) is 11.6 Å². The van der Waals surface area contributed by atoms with Crippen LogP contribution in [-0.4, -0.2) is 72.5 Å². The molecule has 1 aliphatic heterocycles. The van der Waals surface area contributed by atoms with E-state index in [-0.39, 0.29) is 47.4 Å². The van der Waals surface area contributed by atoms with Gasteiger partial charge in [-0.25, -0.2) is 4.98 Å². The van der Waals surface area contributed by atoms with E-state index in [2.05, 4.69) is 10.3 Å². The van der Waals surface area contributed by atoms with E-state index in [4.69, 9.17) is 21.1 Å². The Balaban J connectivity index is 1.49. The summed E-state index contributed by atoms with van der Waals surface area (Å²) in [6.07, 6.45) is -3.22.